The van der Waals surface area contributed by atoms with Crippen LogP contribution in [0.15, 0.2) is 94.8 Å². The van der Waals surface area contributed by atoms with Gasteiger partial charge in [-0.1, -0.05) is 54.6 Å². The molecule has 154 valence electrons. The first-order valence-corrected chi connectivity index (χ1v) is 10.4. The number of hydrogen-bond acceptors (Lipinski definition) is 5. The number of nitrogens with zero attached hydrogens (tertiary/aromatic N) is 1. The molecular formula is C24H19N3O3S. The van der Waals surface area contributed by atoms with Crippen molar-refractivity contribution < 1.29 is 14.3 Å². The zero-order chi connectivity index (χ0) is 21.5. The van der Waals surface area contributed by atoms with E-state index >= 15 is 0 Å². The van der Waals surface area contributed by atoms with Crippen LogP contribution in [0.2, 0.25) is 0 Å². The first-order chi connectivity index (χ1) is 15.2. The first kappa shape index (κ1) is 20.4. The number of carbonyl (C=O) groups is 2. The number of ether oxygens (including phenoxy) is 1. The normalized spacial score (nSPS) is 15.7. The molecule has 0 atom stereocenters. The molecule has 3 aromatic rings. The van der Waals surface area contributed by atoms with E-state index in [2.05, 4.69) is 15.6 Å². The lowest BCUT2D eigenvalue weighted by Gasteiger charge is -2.10. The SMILES string of the molecule is O=C(COc1ccccc1C=C1SC(=Nc2ccccc2)NC1=O)Nc1ccccc1. The average Bonchev–Trinajstić information content (AvgIpc) is 3.13. The van der Waals surface area contributed by atoms with Gasteiger partial charge in [0.25, 0.3) is 11.8 Å². The van der Waals surface area contributed by atoms with Crippen molar-refractivity contribution in [2.45, 2.75) is 0 Å². The van der Waals surface area contributed by atoms with Crippen LogP contribution < -0.4 is 15.4 Å². The van der Waals surface area contributed by atoms with Crippen molar-refractivity contribution in [2.75, 3.05) is 11.9 Å². The minimum absolute atomic E-state index is 0.144. The molecule has 0 saturated carbocycles. The topological polar surface area (TPSA) is 79.8 Å². The third kappa shape index (κ3) is 5.61. The van der Waals surface area contributed by atoms with Crippen LogP contribution in [0.1, 0.15) is 5.56 Å². The molecule has 1 aliphatic rings. The van der Waals surface area contributed by atoms with E-state index in [1.165, 1.54) is 11.8 Å². The molecule has 7 heteroatoms. The highest BCUT2D eigenvalue weighted by molar-refractivity contribution is 8.18. The van der Waals surface area contributed by atoms with Crippen molar-refractivity contribution in [1.82, 2.24) is 5.32 Å². The lowest BCUT2D eigenvalue weighted by molar-refractivity contribution is -0.118. The number of thioether (sulfide) groups is 1. The van der Waals surface area contributed by atoms with Gasteiger partial charge >= 0.3 is 0 Å². The zero-order valence-electron chi connectivity index (χ0n) is 16.4. The molecule has 31 heavy (non-hydrogen) atoms. The number of benzene rings is 3. The van der Waals surface area contributed by atoms with Gasteiger partial charge in [-0.3, -0.25) is 9.59 Å². The van der Waals surface area contributed by atoms with Crippen LogP contribution in [0.5, 0.6) is 5.75 Å². The largest absolute Gasteiger partial charge is 0.483 e. The molecule has 2 N–H and O–H groups in total. The lowest BCUT2D eigenvalue weighted by Crippen LogP contribution is -2.20. The highest BCUT2D eigenvalue weighted by Gasteiger charge is 2.24. The molecule has 4 rings (SSSR count). The fourth-order valence-electron chi connectivity index (χ4n) is 2.83. The Bertz CT molecular complexity index is 1150. The Labute approximate surface area is 184 Å². The number of anilines is 1. The number of rotatable bonds is 6. The number of hydrogen-bond donors (Lipinski definition) is 2. The first-order valence-electron chi connectivity index (χ1n) is 9.59. The number of para-hydroxylation sites is 3. The van der Waals surface area contributed by atoms with Crippen molar-refractivity contribution in [3.8, 4) is 5.75 Å². The number of amides is 2. The molecule has 0 radical (unpaired) electrons. The second-order valence-electron chi connectivity index (χ2n) is 6.56. The van der Waals surface area contributed by atoms with Crippen LogP contribution in [-0.2, 0) is 9.59 Å². The van der Waals surface area contributed by atoms with Crippen LogP contribution in [0.25, 0.3) is 6.08 Å². The Morgan fingerprint density at radius 3 is 2.42 bits per heavy atom. The van der Waals surface area contributed by atoms with Gasteiger partial charge in [-0.25, -0.2) is 4.99 Å². The Morgan fingerprint density at radius 1 is 0.968 bits per heavy atom. The molecular weight excluding hydrogens is 410 g/mol. The van der Waals surface area contributed by atoms with Gasteiger partial charge in [0.2, 0.25) is 0 Å². The van der Waals surface area contributed by atoms with Crippen LogP contribution in [0, 0.1) is 0 Å². The van der Waals surface area contributed by atoms with Crippen molar-refractivity contribution in [1.29, 1.82) is 0 Å². The minimum Gasteiger partial charge on any atom is -0.483 e. The summed E-state index contributed by atoms with van der Waals surface area (Å²) < 4.78 is 5.71. The summed E-state index contributed by atoms with van der Waals surface area (Å²) in [5.74, 6) is 0.0234. The molecule has 1 saturated heterocycles. The fourth-order valence-corrected chi connectivity index (χ4v) is 3.67. The summed E-state index contributed by atoms with van der Waals surface area (Å²) in [7, 11) is 0. The van der Waals surface area contributed by atoms with E-state index < -0.39 is 0 Å². The Kier molecular flexibility index (Phi) is 6.44. The summed E-state index contributed by atoms with van der Waals surface area (Å²) >= 11 is 1.26. The van der Waals surface area contributed by atoms with Crippen molar-refractivity contribution in [3.63, 3.8) is 0 Å². The van der Waals surface area contributed by atoms with E-state index in [1.807, 2.05) is 66.7 Å². The molecule has 0 spiro atoms. The van der Waals surface area contributed by atoms with E-state index in [4.69, 9.17) is 4.74 Å². The Balaban J connectivity index is 1.44. The van der Waals surface area contributed by atoms with Crippen LogP contribution in [-0.4, -0.2) is 23.6 Å². The maximum Gasteiger partial charge on any atom is 0.264 e. The summed E-state index contributed by atoms with van der Waals surface area (Å²) in [6.45, 7) is -0.144. The second-order valence-corrected chi connectivity index (χ2v) is 7.59. The van der Waals surface area contributed by atoms with E-state index in [-0.39, 0.29) is 18.4 Å². The van der Waals surface area contributed by atoms with Gasteiger partial charge in [-0.15, -0.1) is 0 Å². The van der Waals surface area contributed by atoms with E-state index in [9.17, 15) is 9.59 Å². The maximum absolute atomic E-state index is 12.4. The molecule has 3 aromatic carbocycles. The summed E-state index contributed by atoms with van der Waals surface area (Å²) in [4.78, 5) is 29.5. The highest BCUT2D eigenvalue weighted by Crippen LogP contribution is 2.30. The van der Waals surface area contributed by atoms with Crippen LogP contribution >= 0.6 is 11.8 Å². The van der Waals surface area contributed by atoms with Crippen molar-refractivity contribution in [3.05, 3.63) is 95.4 Å². The summed E-state index contributed by atoms with van der Waals surface area (Å²) in [6, 6.07) is 25.9. The number of carbonyl (C=O) groups excluding carboxylic acids is 2. The predicted molar refractivity (Wildman–Crippen MR) is 124 cm³/mol. The number of amidine groups is 1. The summed E-state index contributed by atoms with van der Waals surface area (Å²) in [5, 5.41) is 6.06. The smallest absolute Gasteiger partial charge is 0.264 e. The number of aliphatic imine (C=N–C) groups is 1. The second kappa shape index (κ2) is 9.77. The Morgan fingerprint density at radius 2 is 1.65 bits per heavy atom. The van der Waals surface area contributed by atoms with Crippen molar-refractivity contribution >= 4 is 46.2 Å². The van der Waals surface area contributed by atoms with Gasteiger partial charge in [-0.2, -0.15) is 0 Å². The fraction of sp³-hybridized carbons (Fsp3) is 0.0417. The van der Waals surface area contributed by atoms with Crippen molar-refractivity contribution in [2.24, 2.45) is 4.99 Å². The van der Waals surface area contributed by atoms with Gasteiger partial charge in [-0.05, 0) is 48.2 Å². The van der Waals surface area contributed by atoms with Crippen LogP contribution in [0.3, 0.4) is 0 Å². The van der Waals surface area contributed by atoms with Gasteiger partial charge in [0.1, 0.15) is 5.75 Å². The van der Waals surface area contributed by atoms with E-state index in [0.29, 0.717) is 27.1 Å². The molecule has 1 aliphatic heterocycles. The quantitative estimate of drug-likeness (QED) is 0.562. The highest BCUT2D eigenvalue weighted by atomic mass is 32.2. The Hall–Kier alpha value is -3.84. The van der Waals surface area contributed by atoms with Gasteiger partial charge in [0.05, 0.1) is 10.6 Å². The summed E-state index contributed by atoms with van der Waals surface area (Å²) in [6.07, 6.45) is 1.73. The zero-order valence-corrected chi connectivity index (χ0v) is 17.3. The molecule has 0 aromatic heterocycles. The van der Waals surface area contributed by atoms with Crippen LogP contribution in [0.4, 0.5) is 11.4 Å². The standard InChI is InChI=1S/C24H19N3O3S/c28-22(25-18-10-3-1-4-11-18)16-30-20-14-8-7-9-17(20)15-21-23(29)27-24(31-21)26-19-12-5-2-6-13-19/h1-15H,16H2,(H,25,28)(H,26,27,29). The molecule has 1 fully saturated rings. The van der Waals surface area contributed by atoms with Gasteiger partial charge < -0.3 is 15.4 Å². The number of nitrogens with one attached hydrogen (secondary N) is 2. The molecule has 6 nitrogen and oxygen atoms in total. The lowest BCUT2D eigenvalue weighted by atomic mass is 10.2. The maximum atomic E-state index is 12.4. The third-order valence-electron chi connectivity index (χ3n) is 4.26. The predicted octanol–water partition coefficient (Wildman–Crippen LogP) is 4.60. The molecule has 0 unspecified atom stereocenters. The minimum atomic E-state index is -0.265. The molecule has 1 heterocycles. The molecule has 0 bridgehead atoms. The van der Waals surface area contributed by atoms with Gasteiger partial charge in [0, 0.05) is 11.3 Å². The van der Waals surface area contributed by atoms with Gasteiger partial charge in [0.15, 0.2) is 11.8 Å². The summed E-state index contributed by atoms with van der Waals surface area (Å²) in [5.41, 5.74) is 2.17. The third-order valence-corrected chi connectivity index (χ3v) is 5.17. The van der Waals surface area contributed by atoms with E-state index in [0.717, 1.165) is 5.69 Å². The molecule has 2 amide bonds. The monoisotopic (exact) mass is 429 g/mol. The molecule has 0 aliphatic carbocycles. The average molecular weight is 430 g/mol. The van der Waals surface area contributed by atoms with E-state index in [1.54, 1.807) is 24.3 Å².